The molecule has 7 heteroatoms. The summed E-state index contributed by atoms with van der Waals surface area (Å²) in [6.07, 6.45) is -2.36. The molecule has 0 saturated heterocycles. The summed E-state index contributed by atoms with van der Waals surface area (Å²) < 4.78 is 52.5. The van der Waals surface area contributed by atoms with Gasteiger partial charge in [-0.15, -0.1) is 0 Å². The van der Waals surface area contributed by atoms with Crippen LogP contribution < -0.4 is 0 Å². The molecule has 3 nitrogen and oxygen atoms in total. The standard InChI is InChI=1S/C11H13F3N2OS/c1-10(2,3)18(17)16-7-9-8(11(12,13)14)5-4-6-15-9/h4-7H,1-3H3/t18-/m0/s1. The van der Waals surface area contributed by atoms with E-state index >= 15 is 0 Å². The van der Waals surface area contributed by atoms with Crippen molar-refractivity contribution < 1.29 is 17.7 Å². The Hall–Kier alpha value is -1.08. The largest absolute Gasteiger partial charge is 0.591 e. The summed E-state index contributed by atoms with van der Waals surface area (Å²) in [5, 5.41) is 0. The number of hydrogen-bond donors (Lipinski definition) is 0. The minimum atomic E-state index is -4.50. The van der Waals surface area contributed by atoms with Crippen LogP contribution in [0, 0.1) is 0 Å². The van der Waals surface area contributed by atoms with Crippen LogP contribution in [0.15, 0.2) is 22.7 Å². The smallest absolute Gasteiger partial charge is 0.418 e. The predicted molar refractivity (Wildman–Crippen MR) is 64.7 cm³/mol. The zero-order valence-electron chi connectivity index (χ0n) is 10.2. The Kier molecular flexibility index (Phi) is 4.39. The molecule has 0 unspecified atom stereocenters. The van der Waals surface area contributed by atoms with Crippen molar-refractivity contribution in [2.24, 2.45) is 4.40 Å². The van der Waals surface area contributed by atoms with Crippen LogP contribution in [-0.4, -0.2) is 20.5 Å². The number of aromatic nitrogens is 1. The molecule has 0 aliphatic heterocycles. The van der Waals surface area contributed by atoms with Gasteiger partial charge in [-0.1, -0.05) is 4.40 Å². The van der Waals surface area contributed by atoms with E-state index in [1.807, 2.05) is 0 Å². The van der Waals surface area contributed by atoms with Crippen LogP contribution in [0.5, 0.6) is 0 Å². The first-order valence-electron chi connectivity index (χ1n) is 5.10. The average molecular weight is 278 g/mol. The summed E-state index contributed by atoms with van der Waals surface area (Å²) in [6.45, 7) is 5.05. The maximum absolute atomic E-state index is 12.6. The van der Waals surface area contributed by atoms with Gasteiger partial charge in [0.1, 0.15) is 22.3 Å². The van der Waals surface area contributed by atoms with Crippen molar-refractivity contribution in [1.82, 2.24) is 4.98 Å². The molecule has 0 aromatic carbocycles. The highest BCUT2D eigenvalue weighted by Gasteiger charge is 2.34. The summed E-state index contributed by atoms with van der Waals surface area (Å²) in [6, 6.07) is 2.11. The van der Waals surface area contributed by atoms with Crippen molar-refractivity contribution in [3.63, 3.8) is 0 Å². The zero-order valence-corrected chi connectivity index (χ0v) is 11.0. The Morgan fingerprint density at radius 3 is 2.44 bits per heavy atom. The molecule has 0 saturated carbocycles. The molecule has 0 fully saturated rings. The number of hydrogen-bond acceptors (Lipinski definition) is 3. The third-order valence-electron chi connectivity index (χ3n) is 1.94. The molecule has 0 N–H and O–H groups in total. The van der Waals surface area contributed by atoms with Gasteiger partial charge < -0.3 is 4.55 Å². The van der Waals surface area contributed by atoms with Crippen LogP contribution in [0.2, 0.25) is 0 Å². The van der Waals surface area contributed by atoms with Crippen molar-refractivity contribution >= 4 is 17.6 Å². The average Bonchev–Trinajstić information content (AvgIpc) is 2.23. The number of halogens is 3. The first-order chi connectivity index (χ1) is 8.12. The number of rotatable bonds is 2. The summed E-state index contributed by atoms with van der Waals surface area (Å²) in [5.41, 5.74) is -1.22. The summed E-state index contributed by atoms with van der Waals surface area (Å²) in [7, 11) is 0. The van der Waals surface area contributed by atoms with Gasteiger partial charge >= 0.3 is 6.18 Å². The van der Waals surface area contributed by atoms with Gasteiger partial charge in [-0.2, -0.15) is 13.2 Å². The highest BCUT2D eigenvalue weighted by atomic mass is 32.2. The Balaban J connectivity index is 3.02. The fourth-order valence-electron chi connectivity index (χ4n) is 1.02. The third-order valence-corrected chi connectivity index (χ3v) is 3.28. The molecular weight excluding hydrogens is 265 g/mol. The minimum Gasteiger partial charge on any atom is -0.591 e. The van der Waals surface area contributed by atoms with E-state index in [1.54, 1.807) is 20.8 Å². The lowest BCUT2D eigenvalue weighted by atomic mass is 10.2. The molecule has 1 heterocycles. The molecule has 1 rings (SSSR count). The van der Waals surface area contributed by atoms with Crippen LogP contribution in [0.1, 0.15) is 32.0 Å². The zero-order chi connectivity index (χ0) is 14.0. The lowest BCUT2D eigenvalue weighted by Gasteiger charge is -2.17. The van der Waals surface area contributed by atoms with E-state index in [2.05, 4.69) is 9.38 Å². The lowest BCUT2D eigenvalue weighted by Crippen LogP contribution is -2.26. The number of alkyl halides is 3. The predicted octanol–water partition coefficient (Wildman–Crippen LogP) is 2.98. The molecule has 0 amide bonds. The van der Waals surface area contributed by atoms with Crippen LogP contribution in [-0.2, 0) is 17.5 Å². The second-order valence-corrected chi connectivity index (χ2v) is 6.46. The normalized spacial score (nSPS) is 15.1. The molecule has 0 aliphatic carbocycles. The third kappa shape index (κ3) is 3.99. The van der Waals surface area contributed by atoms with Crippen molar-refractivity contribution in [1.29, 1.82) is 0 Å². The molecule has 0 radical (unpaired) electrons. The lowest BCUT2D eigenvalue weighted by molar-refractivity contribution is -0.137. The molecular formula is C11H13F3N2OS. The van der Waals surface area contributed by atoms with Crippen LogP contribution in [0.25, 0.3) is 0 Å². The van der Waals surface area contributed by atoms with E-state index in [1.165, 1.54) is 12.3 Å². The first kappa shape index (κ1) is 15.0. The Morgan fingerprint density at radius 1 is 1.33 bits per heavy atom. The van der Waals surface area contributed by atoms with Gasteiger partial charge in [0.2, 0.25) is 0 Å². The van der Waals surface area contributed by atoms with E-state index in [4.69, 9.17) is 0 Å². The molecule has 1 aromatic heterocycles. The molecule has 1 aromatic rings. The number of nitrogens with zero attached hydrogens (tertiary/aromatic N) is 2. The minimum absolute atomic E-state index is 0.331. The second kappa shape index (κ2) is 5.27. The Bertz CT molecular complexity index is 441. The van der Waals surface area contributed by atoms with Gasteiger partial charge in [-0.25, -0.2) is 0 Å². The van der Waals surface area contributed by atoms with Crippen molar-refractivity contribution in [2.75, 3.05) is 0 Å². The summed E-state index contributed by atoms with van der Waals surface area (Å²) in [4.78, 5) is 3.60. The monoisotopic (exact) mass is 278 g/mol. The van der Waals surface area contributed by atoms with Gasteiger partial charge in [0.05, 0.1) is 11.3 Å². The molecule has 1 atom stereocenters. The summed E-state index contributed by atoms with van der Waals surface area (Å²) >= 11 is -1.61. The molecule has 18 heavy (non-hydrogen) atoms. The fraction of sp³-hybridized carbons (Fsp3) is 0.455. The first-order valence-corrected chi connectivity index (χ1v) is 6.21. The van der Waals surface area contributed by atoms with Gasteiger partial charge in [0.15, 0.2) is 0 Å². The molecule has 0 spiro atoms. The van der Waals surface area contributed by atoms with E-state index in [0.717, 1.165) is 12.3 Å². The maximum atomic E-state index is 12.6. The quantitative estimate of drug-likeness (QED) is 0.617. The van der Waals surface area contributed by atoms with E-state index in [0.29, 0.717) is 0 Å². The van der Waals surface area contributed by atoms with Crippen molar-refractivity contribution in [3.8, 4) is 0 Å². The van der Waals surface area contributed by atoms with E-state index in [-0.39, 0.29) is 5.69 Å². The van der Waals surface area contributed by atoms with Gasteiger partial charge in [0, 0.05) is 6.20 Å². The Labute approximate surface area is 106 Å². The molecule has 0 bridgehead atoms. The maximum Gasteiger partial charge on any atom is 0.418 e. The van der Waals surface area contributed by atoms with Gasteiger partial charge in [-0.3, -0.25) is 4.98 Å². The highest BCUT2D eigenvalue weighted by molar-refractivity contribution is 7.91. The fourth-order valence-corrected chi connectivity index (χ4v) is 1.53. The van der Waals surface area contributed by atoms with Crippen molar-refractivity contribution in [3.05, 3.63) is 29.6 Å². The van der Waals surface area contributed by atoms with Crippen LogP contribution >= 0.6 is 0 Å². The van der Waals surface area contributed by atoms with E-state index in [9.17, 15) is 17.7 Å². The molecule has 0 aliphatic rings. The highest BCUT2D eigenvalue weighted by Crippen LogP contribution is 2.30. The Morgan fingerprint density at radius 2 is 1.94 bits per heavy atom. The van der Waals surface area contributed by atoms with Crippen LogP contribution in [0.4, 0.5) is 13.2 Å². The molecule has 100 valence electrons. The number of pyridine rings is 1. The topological polar surface area (TPSA) is 48.3 Å². The van der Waals surface area contributed by atoms with Crippen LogP contribution in [0.3, 0.4) is 0 Å². The summed E-state index contributed by atoms with van der Waals surface area (Å²) in [5.74, 6) is 0. The second-order valence-electron chi connectivity index (χ2n) is 4.53. The van der Waals surface area contributed by atoms with Crippen molar-refractivity contribution in [2.45, 2.75) is 31.7 Å². The van der Waals surface area contributed by atoms with Gasteiger partial charge in [-0.05, 0) is 32.9 Å². The SMILES string of the molecule is CC(C)(C)[S@+]([O-])N=Cc1ncccc1C(F)(F)F. The van der Waals surface area contributed by atoms with Gasteiger partial charge in [0.25, 0.3) is 0 Å². The van der Waals surface area contributed by atoms with E-state index < -0.39 is 27.8 Å².